The third kappa shape index (κ3) is 7.66. The van der Waals surface area contributed by atoms with Gasteiger partial charge in [0.25, 0.3) is 23.6 Å². The number of thioether (sulfide) groups is 2. The number of carboxylic acid groups (broad SMARTS) is 2. The van der Waals surface area contributed by atoms with Crippen LogP contribution in [-0.2, 0) is 38.4 Å². The number of carbonyl (C=O) groups excluding carboxylic acids is 4. The largest absolute Gasteiger partial charge is 0.477 e. The summed E-state index contributed by atoms with van der Waals surface area (Å²) in [7, 11) is 2.39. The van der Waals surface area contributed by atoms with Crippen molar-refractivity contribution in [1.82, 2.24) is 30.8 Å². The second-order valence-corrected chi connectivity index (χ2v) is 14.0. The van der Waals surface area contributed by atoms with Crippen molar-refractivity contribution >= 4 is 103 Å². The molecule has 2 aromatic rings. The summed E-state index contributed by atoms with van der Waals surface area (Å²) in [5.74, 6) is -5.20. The fraction of sp³-hybridized carbons (Fsp3) is 0.308. The lowest BCUT2D eigenvalue weighted by atomic mass is 10.0. The lowest BCUT2D eigenvalue weighted by molar-refractivity contribution is -0.150. The van der Waals surface area contributed by atoms with Crippen molar-refractivity contribution in [2.45, 2.75) is 22.8 Å². The average Bonchev–Trinajstić information content (AvgIpc) is 3.75. The SMILES string of the molecule is CO/N=C(\C(=O)NC(C(=O)Nc1nc(/C(=N/OC)C(=O)N[C@@H]2C(=O)N3C(C(=O)O)=CCS[C@H]23)cs1)[C@H]1NC(C(=O)O)=CCS1)c1csc(N)n1. The van der Waals surface area contributed by atoms with Crippen LogP contribution in [0.4, 0.5) is 10.3 Å². The van der Waals surface area contributed by atoms with E-state index in [2.05, 4.69) is 41.5 Å². The number of thiazole rings is 2. The Morgan fingerprint density at radius 1 is 0.980 bits per heavy atom. The molecular weight excluding hydrogens is 741 g/mol. The highest BCUT2D eigenvalue weighted by atomic mass is 32.2. The molecule has 0 saturated carbocycles. The van der Waals surface area contributed by atoms with E-state index in [1.807, 2.05) is 0 Å². The number of carboxylic acids is 2. The number of hydrogen-bond donors (Lipinski definition) is 7. The minimum Gasteiger partial charge on any atom is -0.477 e. The number of nitrogen functional groups attached to an aromatic ring is 1. The molecule has 5 heterocycles. The van der Waals surface area contributed by atoms with Crippen LogP contribution in [-0.4, -0.2) is 121 Å². The molecular formula is C26H26N10O10S4. The summed E-state index contributed by atoms with van der Waals surface area (Å²) in [6.45, 7) is 0. The molecule has 2 aromatic heterocycles. The van der Waals surface area contributed by atoms with Gasteiger partial charge in [-0.3, -0.25) is 24.1 Å². The zero-order valence-electron chi connectivity index (χ0n) is 25.6. The van der Waals surface area contributed by atoms with E-state index in [9.17, 15) is 39.0 Å². The third-order valence-electron chi connectivity index (χ3n) is 6.85. The van der Waals surface area contributed by atoms with Crippen molar-refractivity contribution in [3.63, 3.8) is 0 Å². The van der Waals surface area contributed by atoms with Gasteiger partial charge in [-0.05, 0) is 12.2 Å². The third-order valence-corrected chi connectivity index (χ3v) is 10.6. The van der Waals surface area contributed by atoms with Crippen LogP contribution in [0.5, 0.6) is 0 Å². The van der Waals surface area contributed by atoms with E-state index >= 15 is 0 Å². The zero-order valence-corrected chi connectivity index (χ0v) is 28.9. The van der Waals surface area contributed by atoms with Crippen molar-refractivity contribution in [3.8, 4) is 0 Å². The summed E-state index contributed by atoms with van der Waals surface area (Å²) >= 11 is 4.34. The Hall–Kier alpha value is -5.20. The van der Waals surface area contributed by atoms with Crippen LogP contribution >= 0.6 is 46.2 Å². The predicted molar refractivity (Wildman–Crippen MR) is 182 cm³/mol. The highest BCUT2D eigenvalue weighted by Gasteiger charge is 2.53. The van der Waals surface area contributed by atoms with Gasteiger partial charge in [0.1, 0.15) is 59.8 Å². The molecule has 264 valence electrons. The number of hydrogen-bond acceptors (Lipinski definition) is 18. The van der Waals surface area contributed by atoms with Gasteiger partial charge in [-0.15, -0.1) is 46.2 Å². The Morgan fingerprint density at radius 3 is 2.28 bits per heavy atom. The summed E-state index contributed by atoms with van der Waals surface area (Å²) in [5.41, 5.74) is 4.73. The van der Waals surface area contributed by atoms with Gasteiger partial charge in [-0.2, -0.15) is 0 Å². The topological polar surface area (TPSA) is 289 Å². The quantitative estimate of drug-likeness (QED) is 0.0731. The Morgan fingerprint density at radius 2 is 1.64 bits per heavy atom. The van der Waals surface area contributed by atoms with Crippen molar-refractivity contribution in [1.29, 1.82) is 0 Å². The predicted octanol–water partition coefficient (Wildman–Crippen LogP) is -0.994. The van der Waals surface area contributed by atoms with Gasteiger partial charge < -0.3 is 46.9 Å². The fourth-order valence-corrected chi connectivity index (χ4v) is 8.17. The molecule has 8 N–H and O–H groups in total. The molecule has 20 nitrogen and oxygen atoms in total. The van der Waals surface area contributed by atoms with Gasteiger partial charge in [0.15, 0.2) is 21.7 Å². The molecule has 0 bridgehead atoms. The van der Waals surface area contributed by atoms with Crippen molar-refractivity contribution in [2.24, 2.45) is 10.3 Å². The van der Waals surface area contributed by atoms with E-state index in [1.165, 1.54) is 48.9 Å². The first kappa shape index (κ1) is 36.1. The van der Waals surface area contributed by atoms with Gasteiger partial charge in [0.2, 0.25) is 0 Å². The molecule has 0 spiro atoms. The number of carbonyl (C=O) groups is 6. The maximum absolute atomic E-state index is 13.7. The number of nitrogens with two attached hydrogens (primary N) is 1. The Balaban J connectivity index is 1.33. The van der Waals surface area contributed by atoms with E-state index in [-0.39, 0.29) is 50.2 Å². The van der Waals surface area contributed by atoms with Crippen molar-refractivity contribution in [2.75, 3.05) is 36.8 Å². The molecule has 4 atom stereocenters. The molecule has 50 heavy (non-hydrogen) atoms. The van der Waals surface area contributed by atoms with Crippen LogP contribution < -0.4 is 27.0 Å². The molecule has 1 saturated heterocycles. The molecule has 3 aliphatic heterocycles. The standard InChI is InChI=1S/C26H26N10O10S4/c1-45-34-13(10-7-49-25(27)29-10)17(37)31-15(20-28-9(23(41)42)3-5-47-20)19(39)33-26-30-11(8-50-26)14(35-46-2)18(38)32-16-21(40)36-12(24(43)44)4-6-48-22(16)36/h3-4,7-8,15-16,20,22,28H,5-6H2,1-2H3,(H2,27,29)(H,31,37)(H,32,38)(H,41,42)(H,43,44)(H,30,33,39)/b34-13-,35-14-/t15?,16-,20+,22-/m1/s1. The highest BCUT2D eigenvalue weighted by molar-refractivity contribution is 8.00. The maximum atomic E-state index is 13.7. The normalized spacial score (nSPS) is 20.9. The molecule has 5 rings (SSSR count). The average molecular weight is 767 g/mol. The Labute approximate surface area is 297 Å². The minimum absolute atomic E-state index is 0.0429. The Kier molecular flexibility index (Phi) is 11.2. The first-order chi connectivity index (χ1) is 23.9. The lowest BCUT2D eigenvalue weighted by Gasteiger charge is -2.48. The van der Waals surface area contributed by atoms with Crippen LogP contribution in [0.25, 0.3) is 0 Å². The maximum Gasteiger partial charge on any atom is 0.352 e. The second-order valence-electron chi connectivity index (χ2n) is 9.89. The number of nitrogens with zero attached hydrogens (tertiary/aromatic N) is 5. The number of aromatic nitrogens is 2. The number of fused-ring (bicyclic) bond motifs is 1. The van der Waals surface area contributed by atoms with Crippen molar-refractivity contribution in [3.05, 3.63) is 45.7 Å². The summed E-state index contributed by atoms with van der Waals surface area (Å²) < 4.78 is 0. The van der Waals surface area contributed by atoms with Crippen LogP contribution in [0.15, 0.2) is 44.6 Å². The summed E-state index contributed by atoms with van der Waals surface area (Å²) in [6, 6.07) is -2.47. The van der Waals surface area contributed by atoms with E-state index in [0.29, 0.717) is 5.75 Å². The van der Waals surface area contributed by atoms with Gasteiger partial charge in [0, 0.05) is 22.3 Å². The molecule has 1 unspecified atom stereocenters. The smallest absolute Gasteiger partial charge is 0.352 e. The molecule has 0 radical (unpaired) electrons. The number of anilines is 2. The first-order valence-electron chi connectivity index (χ1n) is 13.9. The number of nitrogens with one attached hydrogen (secondary N) is 4. The van der Waals surface area contributed by atoms with Crippen LogP contribution in [0.1, 0.15) is 11.4 Å². The van der Waals surface area contributed by atoms with E-state index in [0.717, 1.165) is 39.3 Å². The summed E-state index contributed by atoms with van der Waals surface area (Å²) in [6.07, 6.45) is 2.82. The molecule has 3 aliphatic rings. The molecule has 24 heteroatoms. The zero-order chi connectivity index (χ0) is 36.1. The summed E-state index contributed by atoms with van der Waals surface area (Å²) in [5, 5.41) is 38.1. The Bertz CT molecular complexity index is 1860. The minimum atomic E-state index is -1.43. The molecule has 1 fully saturated rings. The van der Waals surface area contributed by atoms with Gasteiger partial charge in [-0.25, -0.2) is 19.6 Å². The van der Waals surface area contributed by atoms with Gasteiger partial charge in [-0.1, -0.05) is 10.3 Å². The molecule has 0 aromatic carbocycles. The molecule has 4 amide bonds. The van der Waals surface area contributed by atoms with E-state index in [1.54, 1.807) is 0 Å². The van der Waals surface area contributed by atoms with Crippen molar-refractivity contribution < 1.29 is 48.7 Å². The number of amides is 4. The number of β-lactam (4-membered cyclic amide) rings is 1. The van der Waals surface area contributed by atoms with Crippen LogP contribution in [0.2, 0.25) is 0 Å². The number of oxime groups is 2. The number of aliphatic carboxylic acids is 2. The number of rotatable bonds is 13. The van der Waals surface area contributed by atoms with Crippen LogP contribution in [0, 0.1) is 0 Å². The monoisotopic (exact) mass is 766 g/mol. The van der Waals surface area contributed by atoms with E-state index < -0.39 is 58.4 Å². The molecule has 0 aliphatic carbocycles. The van der Waals surface area contributed by atoms with Gasteiger partial charge >= 0.3 is 11.9 Å². The highest BCUT2D eigenvalue weighted by Crippen LogP contribution is 2.37. The first-order valence-corrected chi connectivity index (χ1v) is 17.8. The van der Waals surface area contributed by atoms with Crippen LogP contribution in [0.3, 0.4) is 0 Å². The van der Waals surface area contributed by atoms with E-state index in [4.69, 9.17) is 15.4 Å². The summed E-state index contributed by atoms with van der Waals surface area (Å²) in [4.78, 5) is 95.3. The van der Waals surface area contributed by atoms with Gasteiger partial charge in [0.05, 0.1) is 0 Å². The fourth-order valence-electron chi connectivity index (χ4n) is 4.66. The second kappa shape index (κ2) is 15.6. The lowest BCUT2D eigenvalue weighted by Crippen LogP contribution is -2.70.